The van der Waals surface area contributed by atoms with Crippen LogP contribution < -0.4 is 5.11 Å². The average Bonchev–Trinajstić information content (AvgIpc) is 2.13. The summed E-state index contributed by atoms with van der Waals surface area (Å²) in [5, 5.41) is 9.89. The van der Waals surface area contributed by atoms with Gasteiger partial charge in [0.15, 0.2) is 0 Å². The molecule has 0 saturated carbocycles. The summed E-state index contributed by atoms with van der Waals surface area (Å²) >= 11 is 0. The summed E-state index contributed by atoms with van der Waals surface area (Å²) in [6.07, 6.45) is 0. The number of likely N-dealkylation sites (N-methyl/N-ethyl adjacent to an activating group) is 1. The highest BCUT2D eigenvalue weighted by molar-refractivity contribution is 7.85. The molecule has 0 aromatic heterocycles. The molecule has 0 aliphatic heterocycles. The maximum absolute atomic E-state index is 10.5. The van der Waals surface area contributed by atoms with Gasteiger partial charge in [-0.25, -0.2) is 0 Å². The predicted molar refractivity (Wildman–Crippen MR) is 68.9 cm³/mol. The van der Waals surface area contributed by atoms with Gasteiger partial charge in [-0.3, -0.25) is 4.55 Å². The van der Waals surface area contributed by atoms with Crippen molar-refractivity contribution in [2.75, 3.05) is 27.7 Å². The lowest BCUT2D eigenvalue weighted by Crippen LogP contribution is -2.45. The number of quaternary nitrogens is 1. The summed E-state index contributed by atoms with van der Waals surface area (Å²) in [7, 11) is 1.38. The number of rotatable bonds is 3. The van der Waals surface area contributed by atoms with E-state index in [0.717, 1.165) is 5.56 Å². The maximum Gasteiger partial charge on any atom is 0.294 e. The molecular weight excluding hydrogens is 270 g/mol. The van der Waals surface area contributed by atoms with Gasteiger partial charge in [-0.2, -0.15) is 8.42 Å². The highest BCUT2D eigenvalue weighted by Gasteiger charge is 2.06. The average molecular weight is 289 g/mol. The minimum atomic E-state index is -4.02. The largest absolute Gasteiger partial charge is 0.544 e. The molecule has 7 heteroatoms. The second-order valence-electron chi connectivity index (χ2n) is 5.11. The van der Waals surface area contributed by atoms with E-state index in [1.165, 1.54) is 12.1 Å². The van der Waals surface area contributed by atoms with E-state index in [9.17, 15) is 18.3 Å². The molecule has 19 heavy (non-hydrogen) atoms. The number of aliphatic carboxylic acids is 1. The fraction of sp³-hybridized carbons (Fsp3) is 0.417. The van der Waals surface area contributed by atoms with Gasteiger partial charge >= 0.3 is 0 Å². The second kappa shape index (κ2) is 6.65. The minimum absolute atomic E-state index is 0.0666. The fourth-order valence-corrected chi connectivity index (χ4v) is 1.58. The zero-order chi connectivity index (χ0) is 15.3. The van der Waals surface area contributed by atoms with Crippen molar-refractivity contribution in [3.63, 3.8) is 0 Å². The number of carboxylic acids is 1. The molecule has 0 heterocycles. The Morgan fingerprint density at radius 2 is 1.63 bits per heavy atom. The summed E-state index contributed by atoms with van der Waals surface area (Å²) in [4.78, 5) is 9.82. The van der Waals surface area contributed by atoms with Crippen LogP contribution in [0, 0.1) is 6.92 Å². The minimum Gasteiger partial charge on any atom is -0.544 e. The highest BCUT2D eigenvalue weighted by Crippen LogP contribution is 2.08. The number of carbonyl (C=O) groups is 1. The predicted octanol–water partition coefficient (Wildman–Crippen LogP) is -0.316. The van der Waals surface area contributed by atoms with E-state index in [2.05, 4.69) is 0 Å². The first-order chi connectivity index (χ1) is 8.42. The lowest BCUT2D eigenvalue weighted by Gasteiger charge is -2.23. The Kier molecular flexibility index (Phi) is 6.14. The molecule has 0 atom stereocenters. The first-order valence-electron chi connectivity index (χ1n) is 5.46. The topological polar surface area (TPSA) is 94.5 Å². The zero-order valence-electron chi connectivity index (χ0n) is 11.5. The van der Waals surface area contributed by atoms with Crippen molar-refractivity contribution in [1.82, 2.24) is 0 Å². The molecule has 0 spiro atoms. The van der Waals surface area contributed by atoms with Crippen molar-refractivity contribution in [3.8, 4) is 0 Å². The van der Waals surface area contributed by atoms with Crippen molar-refractivity contribution in [3.05, 3.63) is 29.8 Å². The van der Waals surface area contributed by atoms with E-state index in [4.69, 9.17) is 4.55 Å². The third-order valence-electron chi connectivity index (χ3n) is 1.92. The molecule has 1 aromatic rings. The molecule has 108 valence electrons. The lowest BCUT2D eigenvalue weighted by atomic mass is 10.2. The molecule has 1 aromatic carbocycles. The maximum atomic E-state index is 10.5. The first-order valence-corrected chi connectivity index (χ1v) is 6.90. The molecule has 0 bridgehead atoms. The summed E-state index contributed by atoms with van der Waals surface area (Å²) in [5.74, 6) is -1.00. The van der Waals surface area contributed by atoms with E-state index < -0.39 is 16.1 Å². The van der Waals surface area contributed by atoms with Gasteiger partial charge < -0.3 is 14.4 Å². The van der Waals surface area contributed by atoms with E-state index in [-0.39, 0.29) is 11.4 Å². The third kappa shape index (κ3) is 9.18. The van der Waals surface area contributed by atoms with Crippen LogP contribution in [0.4, 0.5) is 0 Å². The van der Waals surface area contributed by atoms with Crippen LogP contribution in [0.1, 0.15) is 5.56 Å². The third-order valence-corrected chi connectivity index (χ3v) is 2.79. The Morgan fingerprint density at radius 3 is 1.84 bits per heavy atom. The van der Waals surface area contributed by atoms with Crippen molar-refractivity contribution in [1.29, 1.82) is 0 Å². The summed E-state index contributed by atoms with van der Waals surface area (Å²) in [6, 6.07) is 5.99. The monoisotopic (exact) mass is 289 g/mol. The first kappa shape index (κ1) is 17.6. The molecule has 6 nitrogen and oxygen atoms in total. The molecular formula is C12H19NO5S. The van der Waals surface area contributed by atoms with Gasteiger partial charge in [0.1, 0.15) is 6.54 Å². The Balaban J connectivity index is 0.000000362. The van der Waals surface area contributed by atoms with Crippen LogP contribution in [-0.4, -0.2) is 51.1 Å². The highest BCUT2D eigenvalue weighted by atomic mass is 32.2. The fourth-order valence-electron chi connectivity index (χ4n) is 1.10. The summed E-state index contributed by atoms with van der Waals surface area (Å²) in [5.41, 5.74) is 0.956. The van der Waals surface area contributed by atoms with Crippen molar-refractivity contribution in [2.45, 2.75) is 11.8 Å². The van der Waals surface area contributed by atoms with Crippen molar-refractivity contribution in [2.24, 2.45) is 0 Å². The smallest absolute Gasteiger partial charge is 0.294 e. The van der Waals surface area contributed by atoms with Gasteiger partial charge in [0.05, 0.1) is 32.0 Å². The summed E-state index contributed by atoms with van der Waals surface area (Å²) in [6.45, 7) is 1.91. The number of benzene rings is 1. The molecule has 0 amide bonds. The van der Waals surface area contributed by atoms with Crippen LogP contribution in [0.3, 0.4) is 0 Å². The van der Waals surface area contributed by atoms with Gasteiger partial charge in [-0.05, 0) is 19.1 Å². The van der Waals surface area contributed by atoms with Gasteiger partial charge in [0.2, 0.25) is 0 Å². The summed E-state index contributed by atoms with van der Waals surface area (Å²) < 4.78 is 30.0. The Morgan fingerprint density at radius 1 is 1.21 bits per heavy atom. The van der Waals surface area contributed by atoms with Crippen LogP contribution in [0.15, 0.2) is 29.2 Å². The number of aryl methyl sites for hydroxylation is 1. The quantitative estimate of drug-likeness (QED) is 0.608. The molecule has 0 unspecified atom stereocenters. The van der Waals surface area contributed by atoms with E-state index in [0.29, 0.717) is 4.48 Å². The van der Waals surface area contributed by atoms with E-state index in [1.54, 1.807) is 33.3 Å². The number of carbonyl (C=O) groups excluding carboxylic acids is 1. The Labute approximate surface area is 113 Å². The second-order valence-corrected chi connectivity index (χ2v) is 6.53. The number of hydrogen-bond acceptors (Lipinski definition) is 4. The number of carboxylic acid groups (broad SMARTS) is 1. The molecule has 0 fully saturated rings. The van der Waals surface area contributed by atoms with Crippen LogP contribution >= 0.6 is 0 Å². The van der Waals surface area contributed by atoms with Crippen LogP contribution in [0.25, 0.3) is 0 Å². The standard InChI is InChI=1S/C7H8O3S.C5H11NO2/c1-6-2-4-7(5-3-6)11(8,9)10;1-6(2,3)4-5(7)8/h2-5H,1H3,(H,8,9,10);4H2,1-3H3. The molecule has 1 rings (SSSR count). The van der Waals surface area contributed by atoms with Crippen LogP contribution in [0.2, 0.25) is 0 Å². The lowest BCUT2D eigenvalue weighted by molar-refractivity contribution is -0.864. The Hall–Kier alpha value is -1.44. The molecule has 0 aliphatic carbocycles. The van der Waals surface area contributed by atoms with Gasteiger partial charge in [-0.15, -0.1) is 0 Å². The van der Waals surface area contributed by atoms with Crippen molar-refractivity contribution >= 4 is 16.1 Å². The normalized spacial score (nSPS) is 11.4. The number of nitrogens with zero attached hydrogens (tertiary/aromatic N) is 1. The van der Waals surface area contributed by atoms with Crippen molar-refractivity contribution < 1.29 is 27.4 Å². The molecule has 0 radical (unpaired) electrons. The van der Waals surface area contributed by atoms with Gasteiger partial charge in [-0.1, -0.05) is 17.7 Å². The van der Waals surface area contributed by atoms with Gasteiger partial charge in [0.25, 0.3) is 10.1 Å². The number of hydrogen-bond donors (Lipinski definition) is 1. The van der Waals surface area contributed by atoms with E-state index >= 15 is 0 Å². The Bertz CT molecular complexity index is 514. The molecule has 1 N–H and O–H groups in total. The van der Waals surface area contributed by atoms with Gasteiger partial charge in [0, 0.05) is 0 Å². The van der Waals surface area contributed by atoms with Crippen LogP contribution in [0.5, 0.6) is 0 Å². The SMILES string of the molecule is C[N+](C)(C)CC(=O)[O-].Cc1ccc(S(=O)(=O)O)cc1. The molecule has 0 aliphatic rings. The van der Waals surface area contributed by atoms with Crippen LogP contribution in [-0.2, 0) is 14.9 Å². The van der Waals surface area contributed by atoms with E-state index in [1.807, 2.05) is 6.92 Å². The molecule has 0 saturated heterocycles. The zero-order valence-corrected chi connectivity index (χ0v) is 12.3.